The Bertz CT molecular complexity index is 502. The van der Waals surface area contributed by atoms with Crippen molar-refractivity contribution in [2.45, 2.75) is 0 Å². The summed E-state index contributed by atoms with van der Waals surface area (Å²) < 4.78 is 0. The Morgan fingerprint density at radius 2 is 2.00 bits per heavy atom. The monoisotopic (exact) mass is 280 g/mol. The smallest absolute Gasteiger partial charge is 0.328 e. The van der Waals surface area contributed by atoms with Crippen molar-refractivity contribution in [1.29, 1.82) is 0 Å². The van der Waals surface area contributed by atoms with Crippen molar-refractivity contribution in [2.75, 3.05) is 33.2 Å². The minimum atomic E-state index is -1.01. The molecule has 2 heterocycles. The fourth-order valence-corrected chi connectivity index (χ4v) is 2.79. The van der Waals surface area contributed by atoms with E-state index < -0.39 is 5.97 Å². The predicted octanol–water partition coefficient (Wildman–Crippen LogP) is 1.23. The molecule has 0 spiro atoms. The molecule has 1 aromatic rings. The summed E-state index contributed by atoms with van der Waals surface area (Å²) in [6, 6.07) is 1.77. The van der Waals surface area contributed by atoms with E-state index in [0.717, 1.165) is 32.3 Å². The molecule has 1 aromatic heterocycles. The third-order valence-corrected chi connectivity index (χ3v) is 4.00. The van der Waals surface area contributed by atoms with Crippen LogP contribution in [0, 0.1) is 0 Å². The normalized spacial score (nSPS) is 17.0. The first kappa shape index (κ1) is 13.8. The number of rotatable bonds is 3. The summed E-state index contributed by atoms with van der Waals surface area (Å²) in [4.78, 5) is 27.5. The zero-order valence-electron chi connectivity index (χ0n) is 10.7. The number of aliphatic carboxylic acids is 1. The third-order valence-electron chi connectivity index (χ3n) is 3.09. The van der Waals surface area contributed by atoms with Gasteiger partial charge >= 0.3 is 5.97 Å². The second-order valence-corrected chi connectivity index (χ2v) is 5.39. The number of carbonyl (C=O) groups is 2. The highest BCUT2D eigenvalue weighted by molar-refractivity contribution is 7.12. The average molecular weight is 280 g/mol. The van der Waals surface area contributed by atoms with Crippen LogP contribution in [0.5, 0.6) is 0 Å². The number of carbonyl (C=O) groups excluding carboxylic acids is 1. The van der Waals surface area contributed by atoms with Gasteiger partial charge in [-0.3, -0.25) is 4.79 Å². The van der Waals surface area contributed by atoms with Crippen molar-refractivity contribution in [3.63, 3.8) is 0 Å². The summed E-state index contributed by atoms with van der Waals surface area (Å²) in [7, 11) is 2.04. The van der Waals surface area contributed by atoms with Gasteiger partial charge in [0, 0.05) is 32.3 Å². The Morgan fingerprint density at radius 1 is 1.32 bits per heavy atom. The molecule has 0 unspecified atom stereocenters. The van der Waals surface area contributed by atoms with E-state index >= 15 is 0 Å². The van der Waals surface area contributed by atoms with E-state index in [9.17, 15) is 9.59 Å². The maximum Gasteiger partial charge on any atom is 0.328 e. The summed E-state index contributed by atoms with van der Waals surface area (Å²) in [6.45, 7) is 3.18. The third kappa shape index (κ3) is 3.42. The maximum atomic E-state index is 12.4. The molecule has 1 aliphatic heterocycles. The van der Waals surface area contributed by atoms with E-state index in [-0.39, 0.29) is 5.91 Å². The van der Waals surface area contributed by atoms with Crippen LogP contribution in [0.2, 0.25) is 0 Å². The van der Waals surface area contributed by atoms with Crippen LogP contribution in [0.15, 0.2) is 17.5 Å². The zero-order valence-corrected chi connectivity index (χ0v) is 11.5. The van der Waals surface area contributed by atoms with Gasteiger partial charge in [-0.2, -0.15) is 0 Å². The van der Waals surface area contributed by atoms with Crippen molar-refractivity contribution in [1.82, 2.24) is 9.80 Å². The minimum absolute atomic E-state index is 0.00635. The van der Waals surface area contributed by atoms with Crippen LogP contribution in [0.25, 0.3) is 6.08 Å². The molecular weight excluding hydrogens is 264 g/mol. The van der Waals surface area contributed by atoms with Gasteiger partial charge in [-0.05, 0) is 30.1 Å². The molecule has 2 rings (SSSR count). The Morgan fingerprint density at radius 3 is 2.63 bits per heavy atom. The molecule has 1 fully saturated rings. The van der Waals surface area contributed by atoms with Gasteiger partial charge in [0.05, 0.1) is 4.88 Å². The van der Waals surface area contributed by atoms with Gasteiger partial charge in [0.2, 0.25) is 0 Å². The number of hydrogen-bond donors (Lipinski definition) is 1. The van der Waals surface area contributed by atoms with Gasteiger partial charge in [-0.1, -0.05) is 0 Å². The topological polar surface area (TPSA) is 60.9 Å². The fraction of sp³-hybridized carbons (Fsp3) is 0.385. The lowest BCUT2D eigenvalue weighted by molar-refractivity contribution is -0.131. The highest BCUT2D eigenvalue weighted by atomic mass is 32.1. The van der Waals surface area contributed by atoms with Gasteiger partial charge in [0.25, 0.3) is 5.91 Å². The van der Waals surface area contributed by atoms with E-state index in [0.29, 0.717) is 10.4 Å². The van der Waals surface area contributed by atoms with Gasteiger partial charge < -0.3 is 14.9 Å². The van der Waals surface area contributed by atoms with Crippen LogP contribution in [-0.2, 0) is 4.79 Å². The van der Waals surface area contributed by atoms with Crippen LogP contribution >= 0.6 is 11.3 Å². The van der Waals surface area contributed by atoms with Gasteiger partial charge in [-0.15, -0.1) is 11.3 Å². The molecule has 0 aliphatic carbocycles. The van der Waals surface area contributed by atoms with E-state index in [1.807, 2.05) is 17.3 Å². The minimum Gasteiger partial charge on any atom is -0.478 e. The van der Waals surface area contributed by atoms with Crippen molar-refractivity contribution in [3.8, 4) is 0 Å². The van der Waals surface area contributed by atoms with E-state index in [2.05, 4.69) is 4.90 Å². The number of hydrogen-bond acceptors (Lipinski definition) is 4. The standard InChI is InChI=1S/C13H16N2O3S/c1-14-5-7-15(8-6-14)13(18)12-10(4-9-19-12)2-3-11(16)17/h2-4,9H,5-8H2,1H3,(H,16,17). The summed E-state index contributed by atoms with van der Waals surface area (Å²) in [5.41, 5.74) is 0.677. The molecule has 1 amide bonds. The number of amides is 1. The summed E-state index contributed by atoms with van der Waals surface area (Å²) in [5.74, 6) is -1.02. The molecule has 0 aromatic carbocycles. The Labute approximate surface area is 115 Å². The maximum absolute atomic E-state index is 12.4. The highest BCUT2D eigenvalue weighted by Crippen LogP contribution is 2.21. The second kappa shape index (κ2) is 5.99. The van der Waals surface area contributed by atoms with Crippen LogP contribution in [0.4, 0.5) is 0 Å². The first-order chi connectivity index (χ1) is 9.08. The van der Waals surface area contributed by atoms with E-state index in [1.165, 1.54) is 17.4 Å². The van der Waals surface area contributed by atoms with Gasteiger partial charge in [0.1, 0.15) is 0 Å². The quantitative estimate of drug-likeness (QED) is 0.846. The summed E-state index contributed by atoms with van der Waals surface area (Å²) in [5, 5.41) is 10.4. The van der Waals surface area contributed by atoms with Gasteiger partial charge in [0.15, 0.2) is 0 Å². The Hall–Kier alpha value is -1.66. The van der Waals surface area contributed by atoms with Gasteiger partial charge in [-0.25, -0.2) is 4.79 Å². The molecular formula is C13H16N2O3S. The molecule has 1 aliphatic rings. The molecule has 1 N–H and O–H groups in total. The largest absolute Gasteiger partial charge is 0.478 e. The second-order valence-electron chi connectivity index (χ2n) is 4.47. The molecule has 5 nitrogen and oxygen atoms in total. The summed E-state index contributed by atoms with van der Waals surface area (Å²) in [6.07, 6.45) is 2.53. The van der Waals surface area contributed by atoms with Crippen LogP contribution < -0.4 is 0 Å². The number of nitrogens with zero attached hydrogens (tertiary/aromatic N) is 2. The van der Waals surface area contributed by atoms with Crippen molar-refractivity contribution in [3.05, 3.63) is 28.0 Å². The van der Waals surface area contributed by atoms with Crippen LogP contribution in [-0.4, -0.2) is 60.0 Å². The molecule has 102 valence electrons. The number of likely N-dealkylation sites (N-methyl/N-ethyl adjacent to an activating group) is 1. The highest BCUT2D eigenvalue weighted by Gasteiger charge is 2.22. The summed E-state index contributed by atoms with van der Waals surface area (Å²) >= 11 is 1.35. The van der Waals surface area contributed by atoms with E-state index in [4.69, 9.17) is 5.11 Å². The SMILES string of the molecule is CN1CCN(C(=O)c2sccc2C=CC(=O)O)CC1. The molecule has 0 radical (unpaired) electrons. The fourth-order valence-electron chi connectivity index (χ4n) is 1.94. The lowest BCUT2D eigenvalue weighted by atomic mass is 10.2. The Kier molecular flexibility index (Phi) is 4.34. The molecule has 19 heavy (non-hydrogen) atoms. The lowest BCUT2D eigenvalue weighted by Gasteiger charge is -2.32. The zero-order chi connectivity index (χ0) is 13.8. The lowest BCUT2D eigenvalue weighted by Crippen LogP contribution is -2.47. The number of carboxylic acid groups (broad SMARTS) is 1. The van der Waals surface area contributed by atoms with Crippen LogP contribution in [0.3, 0.4) is 0 Å². The molecule has 0 saturated carbocycles. The first-order valence-corrected chi connectivity index (χ1v) is 6.92. The number of piperazine rings is 1. The average Bonchev–Trinajstić information content (AvgIpc) is 2.84. The van der Waals surface area contributed by atoms with Crippen molar-refractivity contribution >= 4 is 29.3 Å². The van der Waals surface area contributed by atoms with E-state index in [1.54, 1.807) is 6.07 Å². The molecule has 0 bridgehead atoms. The molecule has 1 saturated heterocycles. The molecule has 6 heteroatoms. The number of carboxylic acids is 1. The van der Waals surface area contributed by atoms with Crippen molar-refractivity contribution < 1.29 is 14.7 Å². The van der Waals surface area contributed by atoms with Crippen molar-refractivity contribution in [2.24, 2.45) is 0 Å². The first-order valence-electron chi connectivity index (χ1n) is 6.04. The molecule has 0 atom stereocenters. The Balaban J connectivity index is 2.11. The predicted molar refractivity (Wildman–Crippen MR) is 74.4 cm³/mol. The van der Waals surface area contributed by atoms with Crippen LogP contribution in [0.1, 0.15) is 15.2 Å². The number of thiophene rings is 1.